The minimum atomic E-state index is -3.67. The van der Waals surface area contributed by atoms with Gasteiger partial charge in [0, 0.05) is 0 Å². The zero-order valence-electron chi connectivity index (χ0n) is 15.4. The Hall–Kier alpha value is -2.60. The Bertz CT molecular complexity index is 1040. The summed E-state index contributed by atoms with van der Waals surface area (Å²) in [6.07, 6.45) is 0. The lowest BCUT2D eigenvalue weighted by Gasteiger charge is -2.12. The highest BCUT2D eigenvalue weighted by Crippen LogP contribution is 2.25. The molecule has 0 unspecified atom stereocenters. The molecule has 0 bridgehead atoms. The van der Waals surface area contributed by atoms with Crippen LogP contribution in [0.15, 0.2) is 53.4 Å². The molecule has 0 amide bonds. The van der Waals surface area contributed by atoms with Crippen LogP contribution in [0.4, 0.5) is 5.69 Å². The van der Waals surface area contributed by atoms with Gasteiger partial charge in [-0.15, -0.1) is 0 Å². The van der Waals surface area contributed by atoms with E-state index in [0.717, 1.165) is 22.4 Å². The molecule has 0 aliphatic rings. The Balaban J connectivity index is 1.94. The number of hydrogen-bond donors (Lipinski definition) is 1. The topological polar surface area (TPSA) is 64.0 Å². The normalized spacial score (nSPS) is 11.5. The smallest absolute Gasteiger partial charge is 0.262 e. The highest BCUT2D eigenvalue weighted by Gasteiger charge is 2.21. The van der Waals surface area contributed by atoms with Crippen molar-refractivity contribution in [2.24, 2.45) is 0 Å². The van der Waals surface area contributed by atoms with Crippen LogP contribution in [-0.4, -0.2) is 18.2 Å². The van der Waals surface area contributed by atoms with E-state index in [-0.39, 0.29) is 0 Å². The number of hydrogen-bond acceptors (Lipinski definition) is 3. The second kappa shape index (κ2) is 6.96. The molecule has 3 rings (SSSR count). The van der Waals surface area contributed by atoms with Crippen LogP contribution in [0.2, 0.25) is 0 Å². The van der Waals surface area contributed by atoms with Gasteiger partial charge in [0.25, 0.3) is 10.0 Å². The molecule has 136 valence electrons. The fraction of sp³-hybridized carbons (Fsp3) is 0.250. The van der Waals surface area contributed by atoms with Gasteiger partial charge in [0.1, 0.15) is 0 Å². The summed E-state index contributed by atoms with van der Waals surface area (Å²) >= 11 is 0. The molecule has 0 saturated heterocycles. The van der Waals surface area contributed by atoms with E-state index >= 15 is 0 Å². The van der Waals surface area contributed by atoms with Gasteiger partial charge in [-0.1, -0.05) is 42.5 Å². The molecule has 0 spiro atoms. The molecule has 0 saturated carbocycles. The van der Waals surface area contributed by atoms with E-state index in [9.17, 15) is 8.42 Å². The van der Waals surface area contributed by atoms with Crippen LogP contribution in [0.5, 0.6) is 0 Å². The molecule has 1 N–H and O–H groups in total. The Morgan fingerprint density at radius 3 is 2.38 bits per heavy atom. The van der Waals surface area contributed by atoms with E-state index in [0.29, 0.717) is 22.8 Å². The van der Waals surface area contributed by atoms with Crippen LogP contribution in [0.1, 0.15) is 28.1 Å². The summed E-state index contributed by atoms with van der Waals surface area (Å²) in [5.74, 6) is 0. The Morgan fingerprint density at radius 1 is 1.00 bits per heavy atom. The minimum Gasteiger partial charge on any atom is -0.276 e. The zero-order valence-corrected chi connectivity index (χ0v) is 16.3. The van der Waals surface area contributed by atoms with Crippen LogP contribution in [0, 0.1) is 27.7 Å². The third kappa shape index (κ3) is 3.65. The van der Waals surface area contributed by atoms with Gasteiger partial charge in [0.05, 0.1) is 28.5 Å². The molecule has 6 heteroatoms. The van der Waals surface area contributed by atoms with E-state index in [2.05, 4.69) is 9.82 Å². The summed E-state index contributed by atoms with van der Waals surface area (Å²) in [7, 11) is -3.67. The van der Waals surface area contributed by atoms with Crippen LogP contribution in [-0.2, 0) is 16.6 Å². The van der Waals surface area contributed by atoms with Crippen LogP contribution in [0.3, 0.4) is 0 Å². The van der Waals surface area contributed by atoms with Crippen LogP contribution < -0.4 is 4.72 Å². The average Bonchev–Trinajstić information content (AvgIpc) is 2.85. The molecule has 26 heavy (non-hydrogen) atoms. The summed E-state index contributed by atoms with van der Waals surface area (Å²) < 4.78 is 30.4. The fourth-order valence-electron chi connectivity index (χ4n) is 2.94. The maximum Gasteiger partial charge on any atom is 0.262 e. The molecule has 0 radical (unpaired) electrons. The van der Waals surface area contributed by atoms with Crippen molar-refractivity contribution in [1.82, 2.24) is 9.78 Å². The monoisotopic (exact) mass is 369 g/mol. The first-order chi connectivity index (χ1) is 12.3. The molecule has 2 aromatic carbocycles. The predicted molar refractivity (Wildman–Crippen MR) is 104 cm³/mol. The molecule has 0 aliphatic carbocycles. The molecule has 1 aromatic heterocycles. The predicted octanol–water partition coefficient (Wildman–Crippen LogP) is 3.97. The SMILES string of the molecule is Cc1ccc(C)c(S(=O)(=O)Nc2c(C)nn(Cc3ccccc3)c2C)c1. The maximum absolute atomic E-state index is 12.9. The minimum absolute atomic E-state index is 0.298. The van der Waals surface area contributed by atoms with Crippen molar-refractivity contribution in [2.45, 2.75) is 39.1 Å². The molecule has 0 fully saturated rings. The first-order valence-electron chi connectivity index (χ1n) is 8.46. The van der Waals surface area contributed by atoms with E-state index < -0.39 is 10.0 Å². The zero-order chi connectivity index (χ0) is 18.9. The second-order valence-corrected chi connectivity index (χ2v) is 8.21. The van der Waals surface area contributed by atoms with E-state index in [4.69, 9.17) is 0 Å². The van der Waals surface area contributed by atoms with Crippen molar-refractivity contribution in [1.29, 1.82) is 0 Å². The number of aromatic nitrogens is 2. The number of aryl methyl sites for hydroxylation is 3. The highest BCUT2D eigenvalue weighted by molar-refractivity contribution is 7.92. The van der Waals surface area contributed by atoms with Gasteiger partial charge in [-0.05, 0) is 50.5 Å². The third-order valence-electron chi connectivity index (χ3n) is 4.43. The second-order valence-electron chi connectivity index (χ2n) is 6.56. The molecule has 0 atom stereocenters. The van der Waals surface area contributed by atoms with Crippen molar-refractivity contribution in [3.8, 4) is 0 Å². The van der Waals surface area contributed by atoms with E-state index in [1.54, 1.807) is 13.0 Å². The molecule has 5 nitrogen and oxygen atoms in total. The highest BCUT2D eigenvalue weighted by atomic mass is 32.2. The van der Waals surface area contributed by atoms with Crippen molar-refractivity contribution < 1.29 is 8.42 Å². The number of nitrogens with one attached hydrogen (secondary N) is 1. The van der Waals surface area contributed by atoms with Crippen LogP contribution in [0.25, 0.3) is 0 Å². The van der Waals surface area contributed by atoms with Gasteiger partial charge in [-0.25, -0.2) is 8.42 Å². The van der Waals surface area contributed by atoms with Crippen LogP contribution >= 0.6 is 0 Å². The number of anilines is 1. The summed E-state index contributed by atoms with van der Waals surface area (Å²) in [6, 6.07) is 15.4. The summed E-state index contributed by atoms with van der Waals surface area (Å²) in [5.41, 5.74) is 4.73. The summed E-state index contributed by atoms with van der Waals surface area (Å²) in [6.45, 7) is 7.97. The van der Waals surface area contributed by atoms with E-state index in [1.807, 2.05) is 67.9 Å². The van der Waals surface area contributed by atoms with Crippen molar-refractivity contribution in [2.75, 3.05) is 4.72 Å². The number of rotatable bonds is 5. The molecule has 3 aromatic rings. The van der Waals surface area contributed by atoms with Gasteiger partial charge in [-0.3, -0.25) is 9.40 Å². The maximum atomic E-state index is 12.9. The van der Waals surface area contributed by atoms with Crippen molar-refractivity contribution in [3.05, 3.63) is 76.6 Å². The number of benzene rings is 2. The standard InChI is InChI=1S/C20H23N3O2S/c1-14-10-11-15(2)19(12-14)26(24,25)22-20-16(3)21-23(17(20)4)13-18-8-6-5-7-9-18/h5-12,22H,13H2,1-4H3. The lowest BCUT2D eigenvalue weighted by atomic mass is 10.2. The van der Waals surface area contributed by atoms with Crippen molar-refractivity contribution in [3.63, 3.8) is 0 Å². The Morgan fingerprint density at radius 2 is 1.69 bits per heavy atom. The molecular formula is C20H23N3O2S. The quantitative estimate of drug-likeness (QED) is 0.740. The Labute approximate surface area is 154 Å². The summed E-state index contributed by atoms with van der Waals surface area (Å²) in [4.78, 5) is 0.298. The molecule has 0 aliphatic heterocycles. The van der Waals surface area contributed by atoms with Crippen molar-refractivity contribution >= 4 is 15.7 Å². The third-order valence-corrected chi connectivity index (χ3v) is 5.92. The average molecular weight is 369 g/mol. The fourth-order valence-corrected chi connectivity index (χ4v) is 4.45. The number of sulfonamides is 1. The van der Waals surface area contributed by atoms with Gasteiger partial charge in [-0.2, -0.15) is 5.10 Å². The summed E-state index contributed by atoms with van der Waals surface area (Å²) in [5, 5.41) is 4.51. The van der Waals surface area contributed by atoms with E-state index in [1.165, 1.54) is 0 Å². The number of nitrogens with zero attached hydrogens (tertiary/aromatic N) is 2. The van der Waals surface area contributed by atoms with Gasteiger partial charge < -0.3 is 0 Å². The molecular weight excluding hydrogens is 346 g/mol. The first kappa shape index (κ1) is 18.2. The first-order valence-corrected chi connectivity index (χ1v) is 9.94. The largest absolute Gasteiger partial charge is 0.276 e. The van der Waals surface area contributed by atoms with Gasteiger partial charge in [0.2, 0.25) is 0 Å². The van der Waals surface area contributed by atoms with Gasteiger partial charge in [0.15, 0.2) is 0 Å². The lowest BCUT2D eigenvalue weighted by molar-refractivity contribution is 0.600. The lowest BCUT2D eigenvalue weighted by Crippen LogP contribution is -2.15. The molecule has 1 heterocycles. The Kier molecular flexibility index (Phi) is 4.87. The van der Waals surface area contributed by atoms with Gasteiger partial charge >= 0.3 is 0 Å².